The standard InChI is InChI=1S/C18H17ClN2O2/c1-11(2)16(18(22)23)21-15-6-4-3-5-14(15)20-17(21)12-7-9-13(19)10-8-12/h3-11,16H,1-2H3,(H,22,23). The second-order valence-corrected chi connectivity index (χ2v) is 6.26. The summed E-state index contributed by atoms with van der Waals surface area (Å²) in [7, 11) is 0. The van der Waals surface area contributed by atoms with E-state index < -0.39 is 12.0 Å². The van der Waals surface area contributed by atoms with E-state index in [0.29, 0.717) is 10.8 Å². The number of imidazole rings is 1. The molecular weight excluding hydrogens is 312 g/mol. The summed E-state index contributed by atoms with van der Waals surface area (Å²) in [5.41, 5.74) is 2.44. The number of carbonyl (C=O) groups is 1. The highest BCUT2D eigenvalue weighted by Gasteiger charge is 2.28. The maximum Gasteiger partial charge on any atom is 0.327 e. The first-order chi connectivity index (χ1) is 11.0. The van der Waals surface area contributed by atoms with Crippen LogP contribution in [0.1, 0.15) is 19.9 Å². The summed E-state index contributed by atoms with van der Waals surface area (Å²) in [6.45, 7) is 3.80. The highest BCUT2D eigenvalue weighted by Crippen LogP contribution is 2.32. The van der Waals surface area contributed by atoms with Crippen molar-refractivity contribution in [2.24, 2.45) is 5.92 Å². The van der Waals surface area contributed by atoms with Crippen molar-refractivity contribution in [3.63, 3.8) is 0 Å². The average Bonchev–Trinajstić information content (AvgIpc) is 2.87. The van der Waals surface area contributed by atoms with E-state index >= 15 is 0 Å². The number of halogens is 1. The Labute approximate surface area is 139 Å². The number of nitrogens with zero attached hydrogens (tertiary/aromatic N) is 2. The normalized spacial score (nSPS) is 12.7. The fourth-order valence-corrected chi connectivity index (χ4v) is 2.95. The van der Waals surface area contributed by atoms with Gasteiger partial charge < -0.3 is 9.67 Å². The summed E-state index contributed by atoms with van der Waals surface area (Å²) in [6.07, 6.45) is 0. The number of rotatable bonds is 4. The van der Waals surface area contributed by atoms with Gasteiger partial charge in [-0.25, -0.2) is 9.78 Å². The summed E-state index contributed by atoms with van der Waals surface area (Å²) in [4.78, 5) is 16.5. The summed E-state index contributed by atoms with van der Waals surface area (Å²) in [5.74, 6) is -0.293. The van der Waals surface area contributed by atoms with E-state index in [1.807, 2.05) is 54.8 Å². The van der Waals surface area contributed by atoms with Gasteiger partial charge in [-0.05, 0) is 42.3 Å². The monoisotopic (exact) mass is 328 g/mol. The van der Waals surface area contributed by atoms with Gasteiger partial charge in [0.1, 0.15) is 11.9 Å². The van der Waals surface area contributed by atoms with E-state index in [2.05, 4.69) is 4.98 Å². The molecule has 4 nitrogen and oxygen atoms in total. The molecular formula is C18H17ClN2O2. The number of carboxylic acid groups (broad SMARTS) is 1. The first-order valence-corrected chi connectivity index (χ1v) is 7.82. The SMILES string of the molecule is CC(C)C(C(=O)O)n1c(-c2ccc(Cl)cc2)nc2ccccc21. The largest absolute Gasteiger partial charge is 0.480 e. The van der Waals surface area contributed by atoms with Crippen molar-refractivity contribution in [2.45, 2.75) is 19.9 Å². The number of fused-ring (bicyclic) bond motifs is 1. The molecule has 1 aromatic heterocycles. The minimum absolute atomic E-state index is 0.0730. The molecule has 1 N–H and O–H groups in total. The molecule has 5 heteroatoms. The van der Waals surface area contributed by atoms with Gasteiger partial charge in [0, 0.05) is 10.6 Å². The molecule has 1 heterocycles. The molecule has 0 aliphatic heterocycles. The van der Waals surface area contributed by atoms with Crippen LogP contribution in [0.25, 0.3) is 22.4 Å². The Hall–Kier alpha value is -2.33. The highest BCUT2D eigenvalue weighted by molar-refractivity contribution is 6.30. The first-order valence-electron chi connectivity index (χ1n) is 7.44. The number of aliphatic carboxylic acids is 1. The summed E-state index contributed by atoms with van der Waals surface area (Å²) >= 11 is 5.96. The van der Waals surface area contributed by atoms with E-state index in [9.17, 15) is 9.90 Å². The van der Waals surface area contributed by atoms with Crippen LogP contribution < -0.4 is 0 Å². The maximum absolute atomic E-state index is 11.9. The van der Waals surface area contributed by atoms with Crippen molar-refractivity contribution < 1.29 is 9.90 Å². The molecule has 0 saturated heterocycles. The van der Waals surface area contributed by atoms with Crippen molar-refractivity contribution in [1.29, 1.82) is 0 Å². The van der Waals surface area contributed by atoms with Gasteiger partial charge in [0.15, 0.2) is 0 Å². The van der Waals surface area contributed by atoms with Crippen molar-refractivity contribution >= 4 is 28.6 Å². The minimum atomic E-state index is -0.863. The predicted octanol–water partition coefficient (Wildman–Crippen LogP) is 4.64. The Balaban J connectivity index is 2.31. The minimum Gasteiger partial charge on any atom is -0.480 e. The first kappa shape index (κ1) is 15.6. The van der Waals surface area contributed by atoms with E-state index in [4.69, 9.17) is 11.6 Å². The predicted molar refractivity (Wildman–Crippen MR) is 91.7 cm³/mol. The van der Waals surface area contributed by atoms with Crippen molar-refractivity contribution in [3.05, 3.63) is 53.6 Å². The molecule has 3 rings (SSSR count). The van der Waals surface area contributed by atoms with Crippen LogP contribution >= 0.6 is 11.6 Å². The zero-order valence-electron chi connectivity index (χ0n) is 12.9. The third-order valence-corrected chi connectivity index (χ3v) is 4.11. The Kier molecular flexibility index (Phi) is 4.09. The molecule has 0 amide bonds. The molecule has 1 unspecified atom stereocenters. The Bertz CT molecular complexity index is 853. The fourth-order valence-electron chi connectivity index (χ4n) is 2.82. The van der Waals surface area contributed by atoms with Gasteiger partial charge >= 0.3 is 5.97 Å². The van der Waals surface area contributed by atoms with Gasteiger partial charge in [0.05, 0.1) is 11.0 Å². The Morgan fingerprint density at radius 3 is 2.39 bits per heavy atom. The van der Waals surface area contributed by atoms with Crippen LogP contribution in [0.4, 0.5) is 0 Å². The topological polar surface area (TPSA) is 55.1 Å². The van der Waals surface area contributed by atoms with E-state index in [1.165, 1.54) is 0 Å². The summed E-state index contributed by atoms with van der Waals surface area (Å²) < 4.78 is 1.81. The summed E-state index contributed by atoms with van der Waals surface area (Å²) in [6, 6.07) is 14.2. The number of carboxylic acids is 1. The molecule has 2 aromatic carbocycles. The molecule has 0 fully saturated rings. The van der Waals surface area contributed by atoms with Crippen LogP contribution in [0.15, 0.2) is 48.5 Å². The quantitative estimate of drug-likeness (QED) is 0.759. The van der Waals surface area contributed by atoms with Gasteiger partial charge in [0.25, 0.3) is 0 Å². The highest BCUT2D eigenvalue weighted by atomic mass is 35.5. The van der Waals surface area contributed by atoms with Gasteiger partial charge in [-0.2, -0.15) is 0 Å². The molecule has 3 aromatic rings. The number of para-hydroxylation sites is 2. The van der Waals surface area contributed by atoms with Gasteiger partial charge in [-0.15, -0.1) is 0 Å². The lowest BCUT2D eigenvalue weighted by atomic mass is 10.0. The molecule has 0 aliphatic carbocycles. The van der Waals surface area contributed by atoms with Crippen LogP contribution in [-0.4, -0.2) is 20.6 Å². The number of benzene rings is 2. The summed E-state index contributed by atoms with van der Waals surface area (Å²) in [5, 5.41) is 10.4. The molecule has 23 heavy (non-hydrogen) atoms. The van der Waals surface area contributed by atoms with Crippen LogP contribution in [0.3, 0.4) is 0 Å². The van der Waals surface area contributed by atoms with Gasteiger partial charge in [0.2, 0.25) is 0 Å². The number of hydrogen-bond acceptors (Lipinski definition) is 2. The lowest BCUT2D eigenvalue weighted by Crippen LogP contribution is -2.24. The molecule has 0 bridgehead atoms. The van der Waals surface area contributed by atoms with Crippen LogP contribution in [0.2, 0.25) is 5.02 Å². The second kappa shape index (κ2) is 6.05. The number of hydrogen-bond donors (Lipinski definition) is 1. The fraction of sp³-hybridized carbons (Fsp3) is 0.222. The van der Waals surface area contributed by atoms with Crippen LogP contribution in [-0.2, 0) is 4.79 Å². The Morgan fingerprint density at radius 1 is 1.13 bits per heavy atom. The van der Waals surface area contributed by atoms with E-state index in [0.717, 1.165) is 16.6 Å². The van der Waals surface area contributed by atoms with E-state index in [-0.39, 0.29) is 5.92 Å². The zero-order valence-corrected chi connectivity index (χ0v) is 13.7. The second-order valence-electron chi connectivity index (χ2n) is 5.83. The molecule has 0 radical (unpaired) electrons. The van der Waals surface area contributed by atoms with Crippen LogP contribution in [0, 0.1) is 5.92 Å². The van der Waals surface area contributed by atoms with Crippen LogP contribution in [0.5, 0.6) is 0 Å². The average molecular weight is 329 g/mol. The lowest BCUT2D eigenvalue weighted by Gasteiger charge is -2.21. The molecule has 0 saturated carbocycles. The van der Waals surface area contributed by atoms with Gasteiger partial charge in [-0.3, -0.25) is 0 Å². The maximum atomic E-state index is 11.9. The molecule has 1 atom stereocenters. The van der Waals surface area contributed by atoms with Crippen molar-refractivity contribution in [2.75, 3.05) is 0 Å². The van der Waals surface area contributed by atoms with Gasteiger partial charge in [-0.1, -0.05) is 37.6 Å². The van der Waals surface area contributed by atoms with Crippen molar-refractivity contribution in [1.82, 2.24) is 9.55 Å². The van der Waals surface area contributed by atoms with E-state index in [1.54, 1.807) is 12.1 Å². The third-order valence-electron chi connectivity index (χ3n) is 3.86. The molecule has 0 aliphatic rings. The van der Waals surface area contributed by atoms with Crippen molar-refractivity contribution in [3.8, 4) is 11.4 Å². The smallest absolute Gasteiger partial charge is 0.327 e. The number of aromatic nitrogens is 2. The third kappa shape index (κ3) is 2.82. The zero-order chi connectivity index (χ0) is 16.6. The Morgan fingerprint density at radius 2 is 1.78 bits per heavy atom. The lowest BCUT2D eigenvalue weighted by molar-refractivity contribution is -0.142. The molecule has 0 spiro atoms. The molecule has 118 valence electrons.